The van der Waals surface area contributed by atoms with Gasteiger partial charge in [0.15, 0.2) is 0 Å². The van der Waals surface area contributed by atoms with E-state index in [0.29, 0.717) is 32.5 Å². The summed E-state index contributed by atoms with van der Waals surface area (Å²) in [5.74, 6) is 0. The second kappa shape index (κ2) is 12.0. The lowest BCUT2D eigenvalue weighted by Gasteiger charge is -2.27. The van der Waals surface area contributed by atoms with Crippen LogP contribution >= 0.6 is 0 Å². The first-order chi connectivity index (χ1) is 11.6. The molecular formula is C20H30O4. The Morgan fingerprint density at radius 1 is 1.29 bits per heavy atom. The van der Waals surface area contributed by atoms with Crippen molar-refractivity contribution in [2.24, 2.45) is 0 Å². The van der Waals surface area contributed by atoms with Gasteiger partial charge in [-0.05, 0) is 31.7 Å². The molecular weight excluding hydrogens is 304 g/mol. The Labute approximate surface area is 145 Å². The normalized spacial score (nSPS) is 14.8. The van der Waals surface area contributed by atoms with E-state index in [1.807, 2.05) is 37.3 Å². The number of aliphatic hydroxyl groups is 2. The first kappa shape index (κ1) is 20.6. The monoisotopic (exact) mass is 334 g/mol. The molecule has 0 saturated heterocycles. The molecule has 4 heteroatoms. The van der Waals surface area contributed by atoms with Gasteiger partial charge in [0.25, 0.3) is 0 Å². The summed E-state index contributed by atoms with van der Waals surface area (Å²) in [6.45, 7) is 10.1. The van der Waals surface area contributed by atoms with Crippen molar-refractivity contribution in [2.45, 2.75) is 51.1 Å². The van der Waals surface area contributed by atoms with Gasteiger partial charge in [-0.3, -0.25) is 0 Å². The average Bonchev–Trinajstić information content (AvgIpc) is 2.57. The number of ether oxygens (including phenoxy) is 2. The number of benzene rings is 1. The maximum atomic E-state index is 10.1. The predicted molar refractivity (Wildman–Crippen MR) is 96.7 cm³/mol. The summed E-state index contributed by atoms with van der Waals surface area (Å²) in [7, 11) is 0. The second-order valence-electron chi connectivity index (χ2n) is 6.07. The summed E-state index contributed by atoms with van der Waals surface area (Å²) in [6, 6.07) is 9.91. The van der Waals surface area contributed by atoms with E-state index in [0.717, 1.165) is 11.1 Å². The predicted octanol–water partition coefficient (Wildman–Crippen LogP) is 3.24. The minimum absolute atomic E-state index is 0.232. The molecule has 0 spiro atoms. The van der Waals surface area contributed by atoms with Gasteiger partial charge in [0, 0.05) is 0 Å². The minimum Gasteiger partial charge on any atom is -0.394 e. The Kier molecular flexibility index (Phi) is 10.3. The fourth-order valence-electron chi connectivity index (χ4n) is 2.39. The van der Waals surface area contributed by atoms with Gasteiger partial charge >= 0.3 is 0 Å². The van der Waals surface area contributed by atoms with Crippen LogP contribution in [0.15, 0.2) is 55.1 Å². The van der Waals surface area contributed by atoms with Crippen LogP contribution in [0, 0.1) is 0 Å². The highest BCUT2D eigenvalue weighted by atomic mass is 16.5. The number of allylic oxidation sites excluding steroid dienone is 1. The van der Waals surface area contributed by atoms with Crippen molar-refractivity contribution in [2.75, 3.05) is 13.2 Å². The molecule has 2 N–H and O–H groups in total. The highest BCUT2D eigenvalue weighted by molar-refractivity contribution is 5.13. The maximum absolute atomic E-state index is 10.1. The van der Waals surface area contributed by atoms with Crippen LogP contribution in [-0.4, -0.2) is 41.7 Å². The zero-order valence-corrected chi connectivity index (χ0v) is 14.6. The highest BCUT2D eigenvalue weighted by Gasteiger charge is 2.23. The number of aliphatic hydroxyl groups excluding tert-OH is 2. The molecule has 0 aromatic heterocycles. The summed E-state index contributed by atoms with van der Waals surface area (Å²) in [5, 5.41) is 19.6. The summed E-state index contributed by atoms with van der Waals surface area (Å²) in [4.78, 5) is 0. The molecule has 134 valence electrons. The molecule has 4 nitrogen and oxygen atoms in total. The van der Waals surface area contributed by atoms with Crippen molar-refractivity contribution in [3.8, 4) is 0 Å². The van der Waals surface area contributed by atoms with Gasteiger partial charge in [0.05, 0.1) is 32.0 Å². The zero-order valence-electron chi connectivity index (χ0n) is 14.6. The van der Waals surface area contributed by atoms with E-state index in [-0.39, 0.29) is 12.7 Å². The fraction of sp³-hybridized carbons (Fsp3) is 0.500. The first-order valence-corrected chi connectivity index (χ1v) is 8.38. The summed E-state index contributed by atoms with van der Waals surface area (Å²) >= 11 is 0. The number of hydrogen-bond acceptors (Lipinski definition) is 4. The lowest BCUT2D eigenvalue weighted by molar-refractivity contribution is -0.119. The quantitative estimate of drug-likeness (QED) is 0.544. The molecule has 24 heavy (non-hydrogen) atoms. The number of rotatable bonds is 13. The smallest absolute Gasteiger partial charge is 0.107 e. The minimum atomic E-state index is -0.727. The third kappa shape index (κ3) is 8.41. The molecule has 0 radical (unpaired) electrons. The molecule has 3 atom stereocenters. The van der Waals surface area contributed by atoms with Gasteiger partial charge in [-0.25, -0.2) is 0 Å². The van der Waals surface area contributed by atoms with Crippen LogP contribution in [0.2, 0.25) is 0 Å². The molecule has 0 saturated carbocycles. The van der Waals surface area contributed by atoms with E-state index in [1.54, 1.807) is 6.08 Å². The van der Waals surface area contributed by atoms with E-state index < -0.39 is 12.2 Å². The topological polar surface area (TPSA) is 58.9 Å². The van der Waals surface area contributed by atoms with Crippen molar-refractivity contribution in [1.82, 2.24) is 0 Å². The molecule has 0 fully saturated rings. The largest absolute Gasteiger partial charge is 0.394 e. The van der Waals surface area contributed by atoms with Gasteiger partial charge < -0.3 is 19.7 Å². The third-order valence-corrected chi connectivity index (χ3v) is 3.63. The van der Waals surface area contributed by atoms with Crippen molar-refractivity contribution in [3.05, 3.63) is 60.7 Å². The van der Waals surface area contributed by atoms with E-state index in [9.17, 15) is 10.2 Å². The Balaban J connectivity index is 2.52. The fourth-order valence-corrected chi connectivity index (χ4v) is 2.39. The van der Waals surface area contributed by atoms with Crippen molar-refractivity contribution in [3.63, 3.8) is 0 Å². The maximum Gasteiger partial charge on any atom is 0.107 e. The van der Waals surface area contributed by atoms with Crippen LogP contribution in [-0.2, 0) is 16.1 Å². The van der Waals surface area contributed by atoms with Gasteiger partial charge in [0.1, 0.15) is 6.10 Å². The molecule has 0 heterocycles. The lowest BCUT2D eigenvalue weighted by Crippen LogP contribution is -2.37. The van der Waals surface area contributed by atoms with E-state index >= 15 is 0 Å². The molecule has 1 rings (SSSR count). The van der Waals surface area contributed by atoms with Crippen LogP contribution in [0.4, 0.5) is 0 Å². The lowest BCUT2D eigenvalue weighted by atomic mass is 10.1. The van der Waals surface area contributed by atoms with E-state index in [4.69, 9.17) is 9.47 Å². The molecule has 0 unspecified atom stereocenters. The second-order valence-corrected chi connectivity index (χ2v) is 6.07. The average molecular weight is 334 g/mol. The zero-order chi connectivity index (χ0) is 17.8. The van der Waals surface area contributed by atoms with Crippen LogP contribution in [0.1, 0.15) is 31.7 Å². The third-order valence-electron chi connectivity index (χ3n) is 3.63. The van der Waals surface area contributed by atoms with E-state index in [2.05, 4.69) is 13.2 Å². The number of hydrogen-bond donors (Lipinski definition) is 2. The molecule has 0 aliphatic carbocycles. The van der Waals surface area contributed by atoms with Gasteiger partial charge in [-0.1, -0.05) is 42.0 Å². The molecule has 0 amide bonds. The Bertz CT molecular complexity index is 472. The Morgan fingerprint density at radius 3 is 2.58 bits per heavy atom. The van der Waals surface area contributed by atoms with Crippen LogP contribution in [0.25, 0.3) is 0 Å². The van der Waals surface area contributed by atoms with Crippen LogP contribution < -0.4 is 0 Å². The molecule has 0 aliphatic rings. The van der Waals surface area contributed by atoms with Crippen molar-refractivity contribution >= 4 is 0 Å². The highest BCUT2D eigenvalue weighted by Crippen LogP contribution is 2.15. The molecule has 1 aromatic carbocycles. The van der Waals surface area contributed by atoms with Crippen molar-refractivity contribution < 1.29 is 19.7 Å². The van der Waals surface area contributed by atoms with E-state index in [1.165, 1.54) is 0 Å². The van der Waals surface area contributed by atoms with Gasteiger partial charge in [-0.15, -0.1) is 13.2 Å². The summed E-state index contributed by atoms with van der Waals surface area (Å²) in [5.41, 5.74) is 2.07. The first-order valence-electron chi connectivity index (χ1n) is 8.38. The Morgan fingerprint density at radius 2 is 2.00 bits per heavy atom. The van der Waals surface area contributed by atoms with Gasteiger partial charge in [-0.2, -0.15) is 0 Å². The van der Waals surface area contributed by atoms with Gasteiger partial charge in [0.2, 0.25) is 0 Å². The summed E-state index contributed by atoms with van der Waals surface area (Å²) < 4.78 is 11.6. The van der Waals surface area contributed by atoms with Crippen molar-refractivity contribution in [1.29, 1.82) is 0 Å². The Hall–Kier alpha value is -1.46. The molecule has 0 aliphatic heterocycles. The van der Waals surface area contributed by atoms with Crippen LogP contribution in [0.5, 0.6) is 0 Å². The SMILES string of the molecule is C=CCC[C@@H](O)[C@H](CO)O[C@@H](COCc1ccccc1)CC(=C)C. The van der Waals surface area contributed by atoms with Crippen LogP contribution in [0.3, 0.4) is 0 Å². The molecule has 1 aromatic rings. The molecule has 0 bridgehead atoms. The standard InChI is InChI=1S/C20H30O4/c1-4-5-11-19(22)20(13-21)24-18(12-16(2)3)15-23-14-17-9-7-6-8-10-17/h4,6-10,18-22H,1-2,5,11-15H2,3H3/t18-,19-,20+/m1/s1. The summed E-state index contributed by atoms with van der Waals surface area (Å²) in [6.07, 6.45) is 1.95.